The Morgan fingerprint density at radius 2 is 2.09 bits per heavy atom. The second-order valence-corrected chi connectivity index (χ2v) is 7.85. The molecule has 3 aromatic heterocycles. The van der Waals surface area contributed by atoms with Gasteiger partial charge in [-0.1, -0.05) is 18.2 Å². The third-order valence-electron chi connectivity index (χ3n) is 5.92. The fourth-order valence-corrected chi connectivity index (χ4v) is 4.21. The molecule has 0 aliphatic carbocycles. The summed E-state index contributed by atoms with van der Waals surface area (Å²) in [7, 11) is 0. The smallest absolute Gasteiger partial charge is 0.254 e. The number of rotatable bonds is 3. The highest BCUT2D eigenvalue weighted by molar-refractivity contribution is 5.98. The molecule has 1 atom stereocenters. The molecular weight excluding hydrogens is 416 g/mol. The summed E-state index contributed by atoms with van der Waals surface area (Å²) in [6, 6.07) is 13.3. The molecule has 1 aliphatic rings. The molecule has 162 valence electrons. The molecule has 1 amide bonds. The number of hydrogen-bond donors (Lipinski definition) is 1. The number of nitrogens with zero attached hydrogens (tertiary/aromatic N) is 5. The summed E-state index contributed by atoms with van der Waals surface area (Å²) in [5.41, 5.74) is 10.4. The van der Waals surface area contributed by atoms with Gasteiger partial charge >= 0.3 is 0 Å². The molecule has 0 unspecified atom stereocenters. The van der Waals surface area contributed by atoms with Crippen LogP contribution in [0.15, 0.2) is 73.4 Å². The minimum atomic E-state index is -2.70. The summed E-state index contributed by atoms with van der Waals surface area (Å²) < 4.78 is 32.1. The third kappa shape index (κ3) is 3.07. The van der Waals surface area contributed by atoms with E-state index in [1.807, 2.05) is 30.3 Å². The first-order valence-corrected chi connectivity index (χ1v) is 10.3. The van der Waals surface area contributed by atoms with E-state index in [1.54, 1.807) is 47.5 Å². The fraction of sp³-hybridized carbons (Fsp3) is 0.120. The molecule has 2 N–H and O–H groups in total. The van der Waals surface area contributed by atoms with Gasteiger partial charge in [0.05, 0.1) is 29.6 Å². The first-order chi connectivity index (χ1) is 17.3. The van der Waals surface area contributed by atoms with Crippen LogP contribution in [0.2, 0.25) is 0 Å². The van der Waals surface area contributed by atoms with E-state index in [-0.39, 0.29) is 12.2 Å². The van der Waals surface area contributed by atoms with E-state index in [0.29, 0.717) is 33.7 Å². The van der Waals surface area contributed by atoms with Crippen LogP contribution in [0.5, 0.6) is 5.75 Å². The van der Waals surface area contributed by atoms with E-state index in [2.05, 4.69) is 15.0 Å². The second-order valence-electron chi connectivity index (χ2n) is 7.85. The largest absolute Gasteiger partial charge is 0.491 e. The molecule has 6 rings (SSSR count). The molecule has 8 heteroatoms. The molecule has 5 aromatic rings. The number of carbonyl (C=O) groups is 1. The zero-order chi connectivity index (χ0) is 25.0. The SMILES string of the molecule is [2H]C([2H])([2H])N(C(=O)c1ccc2nc(N)c3cncn3c2c1)[C@@H]1COc2cc(-c3cccnc3)ccc21. The van der Waals surface area contributed by atoms with Gasteiger partial charge in [0.1, 0.15) is 23.7 Å². The highest BCUT2D eigenvalue weighted by Crippen LogP contribution is 2.38. The van der Waals surface area contributed by atoms with Gasteiger partial charge in [0, 0.05) is 40.2 Å². The minimum absolute atomic E-state index is 0.0351. The quantitative estimate of drug-likeness (QED) is 0.460. The van der Waals surface area contributed by atoms with Gasteiger partial charge in [-0.3, -0.25) is 14.2 Å². The van der Waals surface area contributed by atoms with Crippen molar-refractivity contribution in [3.05, 3.63) is 84.6 Å². The average Bonchev–Trinajstić information content (AvgIpc) is 3.52. The van der Waals surface area contributed by atoms with Crippen molar-refractivity contribution < 1.29 is 13.6 Å². The lowest BCUT2D eigenvalue weighted by atomic mass is 10.0. The first-order valence-electron chi connectivity index (χ1n) is 11.8. The zero-order valence-electron chi connectivity index (χ0n) is 20.3. The lowest BCUT2D eigenvalue weighted by molar-refractivity contribution is 0.0708. The van der Waals surface area contributed by atoms with Gasteiger partial charge in [-0.05, 0) is 35.9 Å². The molecule has 0 saturated heterocycles. The Bertz CT molecular complexity index is 1630. The van der Waals surface area contributed by atoms with Gasteiger partial charge in [0.25, 0.3) is 5.91 Å². The van der Waals surface area contributed by atoms with E-state index in [4.69, 9.17) is 14.6 Å². The molecule has 0 radical (unpaired) electrons. The maximum atomic E-state index is 13.7. The number of carbonyl (C=O) groups excluding carboxylic acids is 1. The number of aromatic nitrogens is 4. The lowest BCUT2D eigenvalue weighted by Crippen LogP contribution is -2.32. The number of fused-ring (bicyclic) bond motifs is 4. The molecule has 0 saturated carbocycles. The van der Waals surface area contributed by atoms with Gasteiger partial charge in [-0.15, -0.1) is 0 Å². The van der Waals surface area contributed by atoms with Crippen molar-refractivity contribution in [2.24, 2.45) is 0 Å². The van der Waals surface area contributed by atoms with Gasteiger partial charge in [0.2, 0.25) is 0 Å². The number of amides is 1. The lowest BCUT2D eigenvalue weighted by Gasteiger charge is -2.24. The maximum absolute atomic E-state index is 13.7. The van der Waals surface area contributed by atoms with Gasteiger partial charge < -0.3 is 15.4 Å². The zero-order valence-corrected chi connectivity index (χ0v) is 17.3. The number of nitrogen functional groups attached to an aromatic ring is 1. The van der Waals surface area contributed by atoms with Crippen molar-refractivity contribution in [2.45, 2.75) is 6.04 Å². The van der Waals surface area contributed by atoms with Crippen LogP contribution in [0, 0.1) is 0 Å². The van der Waals surface area contributed by atoms with Crippen LogP contribution >= 0.6 is 0 Å². The van der Waals surface area contributed by atoms with Crippen LogP contribution in [-0.4, -0.2) is 43.7 Å². The Balaban J connectivity index is 1.40. The van der Waals surface area contributed by atoms with Gasteiger partial charge in [0.15, 0.2) is 0 Å². The molecule has 33 heavy (non-hydrogen) atoms. The molecular formula is C25H20N6O2. The summed E-state index contributed by atoms with van der Waals surface area (Å²) in [6.45, 7) is -2.67. The summed E-state index contributed by atoms with van der Waals surface area (Å²) in [5.74, 6) is 0.218. The van der Waals surface area contributed by atoms with Crippen LogP contribution in [0.25, 0.3) is 27.7 Å². The summed E-state index contributed by atoms with van der Waals surface area (Å²) in [6.07, 6.45) is 6.59. The molecule has 0 spiro atoms. The van der Waals surface area contributed by atoms with E-state index >= 15 is 0 Å². The Hall–Kier alpha value is -4.46. The average molecular weight is 439 g/mol. The number of hydrogen-bond acceptors (Lipinski definition) is 6. The number of pyridine rings is 1. The highest BCUT2D eigenvalue weighted by atomic mass is 16.5. The Morgan fingerprint density at radius 1 is 1.15 bits per heavy atom. The molecule has 8 nitrogen and oxygen atoms in total. The molecule has 2 aromatic carbocycles. The van der Waals surface area contributed by atoms with Gasteiger partial charge in [-0.2, -0.15) is 0 Å². The van der Waals surface area contributed by atoms with Gasteiger partial charge in [-0.25, -0.2) is 9.97 Å². The van der Waals surface area contributed by atoms with Crippen molar-refractivity contribution in [2.75, 3.05) is 19.3 Å². The Labute approximate surface area is 193 Å². The van der Waals surface area contributed by atoms with Crippen molar-refractivity contribution in [1.82, 2.24) is 24.3 Å². The van der Waals surface area contributed by atoms with Crippen LogP contribution < -0.4 is 10.5 Å². The predicted molar refractivity (Wildman–Crippen MR) is 125 cm³/mol. The molecule has 0 bridgehead atoms. The molecule has 0 fully saturated rings. The van der Waals surface area contributed by atoms with E-state index in [9.17, 15) is 4.79 Å². The van der Waals surface area contributed by atoms with Crippen molar-refractivity contribution in [3.8, 4) is 16.9 Å². The monoisotopic (exact) mass is 439 g/mol. The second kappa shape index (κ2) is 7.30. The fourth-order valence-electron chi connectivity index (χ4n) is 4.21. The van der Waals surface area contributed by atoms with Crippen LogP contribution in [-0.2, 0) is 0 Å². The molecule has 4 heterocycles. The van der Waals surface area contributed by atoms with Crippen molar-refractivity contribution in [1.29, 1.82) is 0 Å². The van der Waals surface area contributed by atoms with Crippen molar-refractivity contribution >= 4 is 28.3 Å². The standard InChI is InChI=1S/C25H20N6O2/c1-30(22-13-33-23-10-15(4-6-18(22)23)17-3-2-8-27-11-17)25(32)16-5-7-19-20(9-16)31-14-28-12-21(31)24(26)29-19/h2-12,14,22H,13H2,1H3,(H2,26,29)/t22-/m1/s1/i1D3. The highest BCUT2D eigenvalue weighted by Gasteiger charge is 2.31. The van der Waals surface area contributed by atoms with Crippen LogP contribution in [0.3, 0.4) is 0 Å². The number of imidazole rings is 1. The first kappa shape index (κ1) is 16.2. The Morgan fingerprint density at radius 3 is 2.94 bits per heavy atom. The third-order valence-corrected chi connectivity index (χ3v) is 5.92. The van der Waals surface area contributed by atoms with Crippen LogP contribution in [0.1, 0.15) is 26.1 Å². The number of anilines is 1. The van der Waals surface area contributed by atoms with Crippen LogP contribution in [0.4, 0.5) is 5.82 Å². The summed E-state index contributed by atoms with van der Waals surface area (Å²) in [5, 5.41) is 0. The Kier molecular flexibility index (Phi) is 3.59. The number of likely N-dealkylation sites (N-methyl/N-ethyl adjacent to an activating group) is 1. The van der Waals surface area contributed by atoms with Crippen molar-refractivity contribution in [3.63, 3.8) is 0 Å². The summed E-state index contributed by atoms with van der Waals surface area (Å²) >= 11 is 0. The van der Waals surface area contributed by atoms with E-state index < -0.39 is 18.9 Å². The predicted octanol–water partition coefficient (Wildman–Crippen LogP) is 3.73. The summed E-state index contributed by atoms with van der Waals surface area (Å²) in [4.78, 5) is 27.2. The number of nitrogens with two attached hydrogens (primary N) is 1. The topological polar surface area (TPSA) is 98.6 Å². The maximum Gasteiger partial charge on any atom is 0.254 e. The minimum Gasteiger partial charge on any atom is -0.491 e. The van der Waals surface area contributed by atoms with E-state index in [1.165, 1.54) is 0 Å². The number of benzene rings is 2. The number of ether oxygens (including phenoxy) is 1. The van der Waals surface area contributed by atoms with E-state index in [0.717, 1.165) is 16.0 Å². The molecule has 1 aliphatic heterocycles. The normalized spacial score (nSPS) is 16.6.